The quantitative estimate of drug-likeness (QED) is 0.386. The molecule has 5 nitrogen and oxygen atoms in total. The summed E-state index contributed by atoms with van der Waals surface area (Å²) in [5.41, 5.74) is 2.03. The highest BCUT2D eigenvalue weighted by Crippen LogP contribution is 2.37. The predicted molar refractivity (Wildman–Crippen MR) is 134 cm³/mol. The van der Waals surface area contributed by atoms with Crippen LogP contribution in [0.2, 0.25) is 0 Å². The van der Waals surface area contributed by atoms with Crippen molar-refractivity contribution in [2.24, 2.45) is 0 Å². The molecule has 0 unspecified atom stereocenters. The van der Waals surface area contributed by atoms with Crippen LogP contribution in [0.1, 0.15) is 24.5 Å². The summed E-state index contributed by atoms with van der Waals surface area (Å²) in [5, 5.41) is 3.51. The lowest BCUT2D eigenvalue weighted by Crippen LogP contribution is -2.37. The largest absolute Gasteiger partial charge is 0.490 e. The average Bonchev–Trinajstić information content (AvgIpc) is 2.75. The lowest BCUT2D eigenvalue weighted by atomic mass is 10.2. The highest BCUT2D eigenvalue weighted by molar-refractivity contribution is 9.10. The van der Waals surface area contributed by atoms with Gasteiger partial charge in [-0.1, -0.05) is 12.1 Å². The maximum Gasteiger partial charge on any atom is 0.175 e. The van der Waals surface area contributed by atoms with E-state index in [2.05, 4.69) is 32.2 Å². The number of ether oxygens (including phenoxy) is 3. The molecule has 3 rings (SSSR count). The molecule has 9 heteroatoms. The Kier molecular flexibility index (Phi) is 14.2. The van der Waals surface area contributed by atoms with Gasteiger partial charge in [-0.05, 0) is 77.8 Å². The van der Waals surface area contributed by atoms with Crippen LogP contribution in [0.3, 0.4) is 0 Å². The summed E-state index contributed by atoms with van der Waals surface area (Å²) in [4.78, 5) is 2.45. The Morgan fingerprint density at radius 1 is 1.06 bits per heavy atom. The molecule has 180 valence electrons. The topological polar surface area (TPSA) is 43.0 Å². The molecule has 0 spiro atoms. The van der Waals surface area contributed by atoms with Gasteiger partial charge in [0.15, 0.2) is 11.5 Å². The van der Waals surface area contributed by atoms with Crippen molar-refractivity contribution in [2.45, 2.75) is 26.5 Å². The molecule has 0 saturated carbocycles. The van der Waals surface area contributed by atoms with Crippen molar-refractivity contribution < 1.29 is 18.6 Å². The van der Waals surface area contributed by atoms with Gasteiger partial charge in [-0.3, -0.25) is 4.90 Å². The van der Waals surface area contributed by atoms with E-state index in [-0.39, 0.29) is 30.6 Å². The molecule has 1 N–H and O–H groups in total. The van der Waals surface area contributed by atoms with Crippen LogP contribution < -0.4 is 14.8 Å². The third-order valence-electron chi connectivity index (χ3n) is 4.93. The van der Waals surface area contributed by atoms with Gasteiger partial charge in [-0.25, -0.2) is 4.39 Å². The molecule has 1 aliphatic heterocycles. The number of benzene rings is 2. The van der Waals surface area contributed by atoms with Gasteiger partial charge >= 0.3 is 0 Å². The van der Waals surface area contributed by atoms with Crippen LogP contribution in [0, 0.1) is 5.82 Å². The molecule has 0 bridgehead atoms. The zero-order valence-electron chi connectivity index (χ0n) is 18.3. The smallest absolute Gasteiger partial charge is 0.175 e. The highest BCUT2D eigenvalue weighted by atomic mass is 79.9. The zero-order chi connectivity index (χ0) is 21.2. The Hall–Kier alpha value is -1.09. The van der Waals surface area contributed by atoms with Crippen LogP contribution in [-0.2, 0) is 17.9 Å². The molecule has 1 aliphatic rings. The number of nitrogens with one attached hydrogen (secondary N) is 1. The van der Waals surface area contributed by atoms with Crippen molar-refractivity contribution in [3.8, 4) is 11.5 Å². The van der Waals surface area contributed by atoms with Crippen molar-refractivity contribution in [1.82, 2.24) is 10.2 Å². The average molecular weight is 554 g/mol. The van der Waals surface area contributed by atoms with E-state index >= 15 is 0 Å². The molecule has 32 heavy (non-hydrogen) atoms. The van der Waals surface area contributed by atoms with E-state index < -0.39 is 0 Å². The molecule has 0 radical (unpaired) electrons. The Bertz CT molecular complexity index is 794. The molecule has 2 aromatic rings. The van der Waals surface area contributed by atoms with Gasteiger partial charge in [0.25, 0.3) is 0 Å². The van der Waals surface area contributed by atoms with E-state index in [4.69, 9.17) is 14.2 Å². The van der Waals surface area contributed by atoms with Crippen LogP contribution in [0.15, 0.2) is 40.9 Å². The maximum absolute atomic E-state index is 13.1. The van der Waals surface area contributed by atoms with Crippen LogP contribution in [0.25, 0.3) is 0 Å². The fourth-order valence-electron chi connectivity index (χ4n) is 3.35. The van der Waals surface area contributed by atoms with E-state index in [1.165, 1.54) is 12.1 Å². The second kappa shape index (κ2) is 15.7. The summed E-state index contributed by atoms with van der Waals surface area (Å²) in [6.07, 6.45) is 1.11. The zero-order valence-corrected chi connectivity index (χ0v) is 21.5. The summed E-state index contributed by atoms with van der Waals surface area (Å²) in [7, 11) is 0. The van der Waals surface area contributed by atoms with E-state index in [9.17, 15) is 4.39 Å². The van der Waals surface area contributed by atoms with Gasteiger partial charge in [-0.15, -0.1) is 24.8 Å². The number of halogens is 4. The minimum Gasteiger partial charge on any atom is -0.490 e. The van der Waals surface area contributed by atoms with Gasteiger partial charge in [0.1, 0.15) is 12.4 Å². The van der Waals surface area contributed by atoms with Crippen molar-refractivity contribution in [3.05, 3.63) is 57.8 Å². The molecule has 0 atom stereocenters. The van der Waals surface area contributed by atoms with Crippen LogP contribution in [0.5, 0.6) is 11.5 Å². The van der Waals surface area contributed by atoms with Gasteiger partial charge in [0.2, 0.25) is 0 Å². The second-order valence-corrected chi connectivity index (χ2v) is 8.09. The first-order valence-corrected chi connectivity index (χ1v) is 11.3. The number of rotatable bonds is 11. The third kappa shape index (κ3) is 9.41. The lowest BCUT2D eigenvalue weighted by Gasteiger charge is -2.26. The Labute approximate surface area is 210 Å². The SMILES string of the molecule is CCOc1cc(CNCCCN2CCOCC2)cc(Br)c1OCc1ccc(F)cc1.Cl.Cl. The van der Waals surface area contributed by atoms with Crippen LogP contribution in [-0.4, -0.2) is 50.9 Å². The maximum atomic E-state index is 13.1. The summed E-state index contributed by atoms with van der Waals surface area (Å²) >= 11 is 3.62. The van der Waals surface area contributed by atoms with Crippen LogP contribution >= 0.6 is 40.7 Å². The molecule has 0 aliphatic carbocycles. The molecular weight excluding hydrogens is 522 g/mol. The first-order chi connectivity index (χ1) is 14.7. The minimum absolute atomic E-state index is 0. The summed E-state index contributed by atoms with van der Waals surface area (Å²) in [6.45, 7) is 9.42. The number of morpholine rings is 1. The first-order valence-electron chi connectivity index (χ1n) is 10.5. The number of nitrogens with zero attached hydrogens (tertiary/aromatic N) is 1. The standard InChI is InChI=1S/C23H30BrFN2O3.2ClH/c1-2-29-22-15-19(16-26-8-3-9-27-10-12-28-13-11-27)14-21(24)23(22)30-17-18-4-6-20(25)7-5-18;;/h4-7,14-15,26H,2-3,8-13,16-17H2,1H3;2*1H. The van der Waals surface area contributed by atoms with Crippen molar-refractivity contribution in [2.75, 3.05) is 46.0 Å². The fraction of sp³-hybridized carbons (Fsp3) is 0.478. The van der Waals surface area contributed by atoms with Gasteiger partial charge < -0.3 is 19.5 Å². The number of hydrogen-bond acceptors (Lipinski definition) is 5. The van der Waals surface area contributed by atoms with Gasteiger partial charge in [-0.2, -0.15) is 0 Å². The second-order valence-electron chi connectivity index (χ2n) is 7.24. The van der Waals surface area contributed by atoms with Gasteiger partial charge in [0, 0.05) is 19.6 Å². The van der Waals surface area contributed by atoms with Gasteiger partial charge in [0.05, 0.1) is 24.3 Å². The monoisotopic (exact) mass is 552 g/mol. The summed E-state index contributed by atoms with van der Waals surface area (Å²) in [5.74, 6) is 1.12. The lowest BCUT2D eigenvalue weighted by molar-refractivity contribution is 0.0374. The van der Waals surface area contributed by atoms with Crippen LogP contribution in [0.4, 0.5) is 4.39 Å². The molecular formula is C23H32BrCl2FN2O3. The third-order valence-corrected chi connectivity index (χ3v) is 5.52. The van der Waals surface area contributed by atoms with E-state index in [1.54, 1.807) is 12.1 Å². The first kappa shape index (κ1) is 28.9. The highest BCUT2D eigenvalue weighted by Gasteiger charge is 2.13. The Balaban J connectivity index is 0.00000256. The van der Waals surface area contributed by atoms with Crippen molar-refractivity contribution >= 4 is 40.7 Å². The minimum atomic E-state index is -0.253. The number of hydrogen-bond donors (Lipinski definition) is 1. The molecule has 0 aromatic heterocycles. The fourth-order valence-corrected chi connectivity index (χ4v) is 3.95. The normalized spacial score (nSPS) is 13.7. The van der Waals surface area contributed by atoms with E-state index in [0.717, 1.165) is 68.0 Å². The molecule has 2 aromatic carbocycles. The van der Waals surface area contributed by atoms with Crippen molar-refractivity contribution in [1.29, 1.82) is 0 Å². The van der Waals surface area contributed by atoms with E-state index in [0.29, 0.717) is 24.7 Å². The van der Waals surface area contributed by atoms with E-state index in [1.807, 2.05) is 13.0 Å². The Morgan fingerprint density at radius 2 is 1.78 bits per heavy atom. The summed E-state index contributed by atoms with van der Waals surface area (Å²) in [6, 6.07) is 10.4. The Morgan fingerprint density at radius 3 is 2.47 bits per heavy atom. The predicted octanol–water partition coefficient (Wildman–Crippen LogP) is 5.22. The molecule has 0 amide bonds. The molecule has 1 fully saturated rings. The molecule has 1 saturated heterocycles. The molecule has 1 heterocycles. The van der Waals surface area contributed by atoms with Crippen molar-refractivity contribution in [3.63, 3.8) is 0 Å². The summed E-state index contributed by atoms with van der Waals surface area (Å²) < 4.78 is 31.1.